The van der Waals surface area contributed by atoms with Gasteiger partial charge in [0.15, 0.2) is 0 Å². The first kappa shape index (κ1) is 24.5. The van der Waals surface area contributed by atoms with Crippen LogP contribution in [0.5, 0.6) is 5.75 Å². The Morgan fingerprint density at radius 2 is 1.97 bits per heavy atom. The number of aromatic nitrogens is 2. The van der Waals surface area contributed by atoms with Gasteiger partial charge in [-0.05, 0) is 42.7 Å². The zero-order valence-corrected chi connectivity index (χ0v) is 20.8. The first-order valence-corrected chi connectivity index (χ1v) is 12.3. The van der Waals surface area contributed by atoms with Crippen LogP contribution < -0.4 is 10.9 Å². The number of benzene rings is 1. The summed E-state index contributed by atoms with van der Waals surface area (Å²) in [7, 11) is 0. The number of phenolic OH excluding ortho intramolecular Hbond substituents is 1. The van der Waals surface area contributed by atoms with Crippen molar-refractivity contribution >= 4 is 28.7 Å². The summed E-state index contributed by atoms with van der Waals surface area (Å²) >= 11 is 0. The Bertz CT molecular complexity index is 1540. The van der Waals surface area contributed by atoms with Crippen LogP contribution in [0.15, 0.2) is 29.1 Å². The van der Waals surface area contributed by atoms with Crippen LogP contribution >= 0.6 is 0 Å². The fourth-order valence-electron chi connectivity index (χ4n) is 5.24. The van der Waals surface area contributed by atoms with Gasteiger partial charge in [-0.15, -0.1) is 0 Å². The molecule has 1 amide bonds. The number of esters is 2. The van der Waals surface area contributed by atoms with Crippen molar-refractivity contribution in [2.75, 3.05) is 6.54 Å². The minimum atomic E-state index is -1.82. The van der Waals surface area contributed by atoms with Gasteiger partial charge in [0.05, 0.1) is 29.0 Å². The number of hydrogen-bond donors (Lipinski definition) is 2. The molecule has 4 heterocycles. The molecular weight excluding hydrogens is 478 g/mol. The van der Waals surface area contributed by atoms with Gasteiger partial charge in [-0.1, -0.05) is 20.8 Å². The molecule has 0 spiro atoms. The van der Waals surface area contributed by atoms with Gasteiger partial charge >= 0.3 is 11.9 Å². The van der Waals surface area contributed by atoms with Crippen molar-refractivity contribution in [1.82, 2.24) is 14.9 Å². The first-order valence-electron chi connectivity index (χ1n) is 12.3. The molecule has 2 aliphatic heterocycles. The maximum atomic E-state index is 13.7. The van der Waals surface area contributed by atoms with E-state index in [1.54, 1.807) is 42.7 Å². The zero-order valence-electron chi connectivity index (χ0n) is 20.8. The number of aryl methyl sites for hydroxylation is 1. The molecule has 5 rings (SSSR count). The van der Waals surface area contributed by atoms with Crippen LogP contribution in [-0.2, 0) is 49.0 Å². The van der Waals surface area contributed by atoms with Crippen molar-refractivity contribution in [2.45, 2.75) is 58.8 Å². The third-order valence-corrected chi connectivity index (χ3v) is 7.15. The molecule has 0 saturated carbocycles. The van der Waals surface area contributed by atoms with Crippen molar-refractivity contribution in [3.05, 3.63) is 56.9 Å². The van der Waals surface area contributed by atoms with Gasteiger partial charge in [0.2, 0.25) is 11.5 Å². The summed E-state index contributed by atoms with van der Waals surface area (Å²) in [6.07, 6.45) is 0.891. The number of cyclic esters (lactones) is 1. The van der Waals surface area contributed by atoms with Crippen molar-refractivity contribution < 1.29 is 29.0 Å². The minimum Gasteiger partial charge on any atom is -0.508 e. The van der Waals surface area contributed by atoms with E-state index in [2.05, 4.69) is 5.32 Å². The summed E-state index contributed by atoms with van der Waals surface area (Å²) in [5.74, 6) is -1.78. The molecule has 10 heteroatoms. The van der Waals surface area contributed by atoms with E-state index in [9.17, 15) is 24.3 Å². The lowest BCUT2D eigenvalue weighted by molar-refractivity contribution is -0.189. The van der Waals surface area contributed by atoms with Gasteiger partial charge in [0.1, 0.15) is 18.9 Å². The van der Waals surface area contributed by atoms with Crippen LogP contribution in [0.25, 0.3) is 22.3 Å². The van der Waals surface area contributed by atoms with E-state index in [-0.39, 0.29) is 54.3 Å². The van der Waals surface area contributed by atoms with Gasteiger partial charge < -0.3 is 24.5 Å². The smallest absolute Gasteiger partial charge is 0.355 e. The maximum Gasteiger partial charge on any atom is 0.355 e. The van der Waals surface area contributed by atoms with Crippen LogP contribution in [-0.4, -0.2) is 39.0 Å². The molecule has 0 saturated heterocycles. The van der Waals surface area contributed by atoms with Crippen LogP contribution in [0.4, 0.5) is 0 Å². The molecule has 2 N–H and O–H groups in total. The van der Waals surface area contributed by atoms with E-state index < -0.39 is 24.1 Å². The van der Waals surface area contributed by atoms with Gasteiger partial charge in [-0.3, -0.25) is 14.4 Å². The Hall–Kier alpha value is -4.21. The summed E-state index contributed by atoms with van der Waals surface area (Å²) in [6.45, 7) is 4.96. The van der Waals surface area contributed by atoms with Crippen LogP contribution in [0, 0.1) is 0 Å². The number of carbonyl (C=O) groups is 3. The van der Waals surface area contributed by atoms with E-state index >= 15 is 0 Å². The number of ether oxygens (including phenoxy) is 2. The molecule has 0 unspecified atom stereocenters. The zero-order chi connectivity index (χ0) is 26.5. The van der Waals surface area contributed by atoms with E-state index in [0.717, 1.165) is 16.5 Å². The predicted molar refractivity (Wildman–Crippen MR) is 133 cm³/mol. The fraction of sp³-hybridized carbons (Fsp3) is 0.370. The summed E-state index contributed by atoms with van der Waals surface area (Å²) in [6, 6.07) is 6.65. The number of nitrogens with one attached hydrogen (secondary N) is 1. The molecule has 0 fully saturated rings. The average Bonchev–Trinajstić information content (AvgIpc) is 3.26. The monoisotopic (exact) mass is 505 g/mol. The van der Waals surface area contributed by atoms with E-state index in [1.807, 2.05) is 6.92 Å². The molecule has 1 atom stereocenters. The van der Waals surface area contributed by atoms with Gasteiger partial charge in [-0.25, -0.2) is 9.78 Å². The predicted octanol–water partition coefficient (Wildman–Crippen LogP) is 2.42. The van der Waals surface area contributed by atoms with E-state index in [0.29, 0.717) is 23.3 Å². The highest BCUT2D eigenvalue weighted by molar-refractivity contribution is 5.91. The maximum absolute atomic E-state index is 13.7. The highest BCUT2D eigenvalue weighted by Gasteiger charge is 2.50. The molecule has 2 aromatic heterocycles. The van der Waals surface area contributed by atoms with Crippen LogP contribution in [0.2, 0.25) is 0 Å². The molecule has 10 nitrogen and oxygen atoms in total. The lowest BCUT2D eigenvalue weighted by atomic mass is 9.85. The molecule has 2 aliphatic rings. The molecule has 3 aromatic rings. The normalized spacial score (nSPS) is 17.5. The van der Waals surface area contributed by atoms with E-state index in [4.69, 9.17) is 14.5 Å². The molecule has 0 bridgehead atoms. The molecule has 0 radical (unpaired) electrons. The largest absolute Gasteiger partial charge is 0.508 e. The third kappa shape index (κ3) is 3.75. The van der Waals surface area contributed by atoms with Crippen LogP contribution in [0.1, 0.15) is 55.9 Å². The summed E-state index contributed by atoms with van der Waals surface area (Å²) in [5.41, 5.74) is 1.99. The number of amides is 1. The summed E-state index contributed by atoms with van der Waals surface area (Å²) in [4.78, 5) is 55.8. The second-order valence-electron chi connectivity index (χ2n) is 9.15. The SMILES string of the molecule is CCC(=O)NCC(=O)O[C@]1(CC)C(=O)OCc2c1cc1n(c2=O)Cc2c-1nc1ccc(O)cc1c2CC. The number of rotatable bonds is 6. The minimum absolute atomic E-state index is 0.0344. The Labute approximate surface area is 212 Å². The fourth-order valence-corrected chi connectivity index (χ4v) is 5.24. The number of pyridine rings is 2. The van der Waals surface area contributed by atoms with Gasteiger partial charge in [0, 0.05) is 22.9 Å². The Kier molecular flexibility index (Phi) is 5.97. The van der Waals surface area contributed by atoms with Crippen molar-refractivity contribution in [3.63, 3.8) is 0 Å². The second-order valence-corrected chi connectivity index (χ2v) is 9.15. The molecule has 37 heavy (non-hydrogen) atoms. The quantitative estimate of drug-likeness (QED) is 0.381. The Balaban J connectivity index is 1.67. The number of carbonyl (C=O) groups excluding carboxylic acids is 3. The lowest BCUT2D eigenvalue weighted by Gasteiger charge is -2.35. The standard InChI is InChI=1S/C27H27N3O7/c1-4-15-16-9-14(31)7-8-20(16)29-24-17(15)12-30-21(24)10-19-18(25(30)34)13-36-26(35)27(19,6-3)37-23(33)11-28-22(32)5-2/h7-10,31H,4-6,11-13H2,1-3H3,(H,28,32)/t27-/m0/s1. The third-order valence-electron chi connectivity index (χ3n) is 7.15. The summed E-state index contributed by atoms with van der Waals surface area (Å²) < 4.78 is 12.6. The van der Waals surface area contributed by atoms with Gasteiger partial charge in [0.25, 0.3) is 5.56 Å². The highest BCUT2D eigenvalue weighted by atomic mass is 16.6. The Morgan fingerprint density at radius 1 is 1.19 bits per heavy atom. The van der Waals surface area contributed by atoms with Crippen LogP contribution in [0.3, 0.4) is 0 Å². The molecular formula is C27H27N3O7. The topological polar surface area (TPSA) is 137 Å². The number of aromatic hydroxyl groups is 1. The number of fused-ring (bicyclic) bond motifs is 5. The average molecular weight is 506 g/mol. The highest BCUT2D eigenvalue weighted by Crippen LogP contribution is 2.42. The molecule has 192 valence electrons. The van der Waals surface area contributed by atoms with Crippen molar-refractivity contribution in [2.24, 2.45) is 0 Å². The lowest BCUT2D eigenvalue weighted by Crippen LogP contribution is -2.48. The second kappa shape index (κ2) is 9.02. The van der Waals surface area contributed by atoms with Crippen molar-refractivity contribution in [1.29, 1.82) is 0 Å². The van der Waals surface area contributed by atoms with E-state index in [1.165, 1.54) is 0 Å². The van der Waals surface area contributed by atoms with Crippen molar-refractivity contribution in [3.8, 4) is 17.1 Å². The number of phenols is 1. The number of hydrogen-bond acceptors (Lipinski definition) is 8. The number of nitrogens with zero attached hydrogens (tertiary/aromatic N) is 2. The molecule has 0 aliphatic carbocycles. The Morgan fingerprint density at radius 3 is 2.68 bits per heavy atom. The summed E-state index contributed by atoms with van der Waals surface area (Å²) in [5, 5.41) is 13.3. The molecule has 1 aromatic carbocycles. The van der Waals surface area contributed by atoms with Gasteiger partial charge in [-0.2, -0.15) is 0 Å². The first-order chi connectivity index (χ1) is 17.7.